The van der Waals surface area contributed by atoms with Gasteiger partial charge in [0, 0.05) is 34.6 Å². The first kappa shape index (κ1) is 22.7. The minimum atomic E-state index is -0.497. The van der Waals surface area contributed by atoms with Gasteiger partial charge in [0.2, 0.25) is 0 Å². The van der Waals surface area contributed by atoms with Crippen molar-refractivity contribution in [3.05, 3.63) is 100 Å². The molecule has 2 aromatic carbocycles. The summed E-state index contributed by atoms with van der Waals surface area (Å²) in [5.41, 5.74) is 6.52. The summed E-state index contributed by atoms with van der Waals surface area (Å²) in [5.74, 6) is -0.0142. The first-order valence-electron chi connectivity index (χ1n) is 11.4. The molecule has 9 nitrogen and oxygen atoms in total. The van der Waals surface area contributed by atoms with E-state index in [-0.39, 0.29) is 6.61 Å². The van der Waals surface area contributed by atoms with E-state index in [9.17, 15) is 9.59 Å². The van der Waals surface area contributed by atoms with Gasteiger partial charge in [-0.3, -0.25) is 20.0 Å². The fourth-order valence-electron chi connectivity index (χ4n) is 4.32. The highest BCUT2D eigenvalue weighted by Crippen LogP contribution is 2.29. The van der Waals surface area contributed by atoms with E-state index in [1.807, 2.05) is 55.5 Å². The number of fused-ring (bicyclic) bond motifs is 4. The van der Waals surface area contributed by atoms with Crippen LogP contribution in [0.3, 0.4) is 0 Å². The molecule has 0 aliphatic rings. The van der Waals surface area contributed by atoms with Gasteiger partial charge in [0.15, 0.2) is 12.3 Å². The maximum absolute atomic E-state index is 13.2. The number of carbonyl (C=O) groups excluding carboxylic acids is 1. The van der Waals surface area contributed by atoms with Crippen molar-refractivity contribution in [2.75, 3.05) is 12.0 Å². The fourth-order valence-corrected chi connectivity index (χ4v) is 4.45. The summed E-state index contributed by atoms with van der Waals surface area (Å²) < 4.78 is 8.43. The Labute approximate surface area is 214 Å². The van der Waals surface area contributed by atoms with Crippen LogP contribution in [0.15, 0.2) is 84.0 Å². The third kappa shape index (κ3) is 4.05. The number of rotatable bonds is 5. The fraction of sp³-hybridized carbons (Fsp3) is 0.0741. The summed E-state index contributed by atoms with van der Waals surface area (Å²) in [6.07, 6.45) is 4.64. The zero-order valence-electron chi connectivity index (χ0n) is 19.6. The van der Waals surface area contributed by atoms with Crippen molar-refractivity contribution in [1.29, 1.82) is 0 Å². The summed E-state index contributed by atoms with van der Waals surface area (Å²) in [6.45, 7) is 1.59. The van der Waals surface area contributed by atoms with Crippen LogP contribution >= 0.6 is 11.6 Å². The molecule has 0 spiro atoms. The van der Waals surface area contributed by atoms with Crippen LogP contribution in [0, 0.1) is 6.92 Å². The van der Waals surface area contributed by atoms with E-state index in [1.54, 1.807) is 22.8 Å². The van der Waals surface area contributed by atoms with Crippen molar-refractivity contribution in [3.63, 3.8) is 0 Å². The summed E-state index contributed by atoms with van der Waals surface area (Å²) in [7, 11) is 0. The molecule has 0 aliphatic carbocycles. The van der Waals surface area contributed by atoms with Gasteiger partial charge < -0.3 is 4.74 Å². The SMILES string of the molecule is Cc1nn2c(ncc3c(=O)n(NC(=O)COc4cccc5cccnc45)ccc32)c1-c1ccc(Cl)cc1. The number of carbonyl (C=O) groups is 1. The molecule has 0 radical (unpaired) electrons. The number of pyridine rings is 2. The van der Waals surface area contributed by atoms with Crippen molar-refractivity contribution in [2.45, 2.75) is 6.92 Å². The van der Waals surface area contributed by atoms with Gasteiger partial charge in [-0.2, -0.15) is 5.10 Å². The standard InChI is InChI=1S/C27H19ClN6O3/c1-16-24(17-7-9-19(28)10-8-17)26-30-14-20-21(34(26)31-16)11-13-33(27(20)36)32-23(35)15-37-22-6-2-4-18-5-3-12-29-25(18)22/h2-14H,15H2,1H3,(H,32,35). The first-order chi connectivity index (χ1) is 18.0. The second kappa shape index (κ2) is 9.03. The number of para-hydroxylation sites is 1. The lowest BCUT2D eigenvalue weighted by Gasteiger charge is -2.11. The highest BCUT2D eigenvalue weighted by molar-refractivity contribution is 6.30. The van der Waals surface area contributed by atoms with Crippen molar-refractivity contribution >= 4 is 45.0 Å². The van der Waals surface area contributed by atoms with E-state index >= 15 is 0 Å². The quantitative estimate of drug-likeness (QED) is 0.369. The number of halogens is 1. The number of aryl methyl sites for hydroxylation is 1. The molecule has 0 atom stereocenters. The molecular weight excluding hydrogens is 492 g/mol. The second-order valence-electron chi connectivity index (χ2n) is 8.41. The van der Waals surface area contributed by atoms with Crippen LogP contribution in [0.2, 0.25) is 5.02 Å². The third-order valence-electron chi connectivity index (χ3n) is 6.02. The number of aromatic nitrogens is 5. The van der Waals surface area contributed by atoms with E-state index < -0.39 is 11.5 Å². The van der Waals surface area contributed by atoms with Gasteiger partial charge in [0.1, 0.15) is 11.3 Å². The van der Waals surface area contributed by atoms with Gasteiger partial charge in [-0.05, 0) is 42.8 Å². The van der Waals surface area contributed by atoms with Gasteiger partial charge in [-0.15, -0.1) is 0 Å². The molecule has 1 amide bonds. The van der Waals surface area contributed by atoms with Crippen LogP contribution in [0.4, 0.5) is 0 Å². The van der Waals surface area contributed by atoms with Gasteiger partial charge >= 0.3 is 0 Å². The van der Waals surface area contributed by atoms with Crippen LogP contribution in [-0.4, -0.2) is 36.8 Å². The van der Waals surface area contributed by atoms with Gasteiger partial charge in [0.05, 0.1) is 16.6 Å². The van der Waals surface area contributed by atoms with Crippen molar-refractivity contribution in [3.8, 4) is 16.9 Å². The smallest absolute Gasteiger partial charge is 0.280 e. The maximum atomic E-state index is 13.2. The molecule has 0 unspecified atom stereocenters. The molecule has 1 N–H and O–H groups in total. The molecule has 4 heterocycles. The Kier molecular flexibility index (Phi) is 5.54. The summed E-state index contributed by atoms with van der Waals surface area (Å²) in [4.78, 5) is 34.6. The number of hydrogen-bond donors (Lipinski definition) is 1. The minimum Gasteiger partial charge on any atom is -0.481 e. The topological polar surface area (TPSA) is 103 Å². The minimum absolute atomic E-state index is 0.291. The maximum Gasteiger partial charge on any atom is 0.280 e. The molecule has 10 heteroatoms. The van der Waals surface area contributed by atoms with Crippen LogP contribution in [0.1, 0.15) is 5.69 Å². The number of amides is 1. The zero-order chi connectivity index (χ0) is 25.5. The third-order valence-corrected chi connectivity index (χ3v) is 6.27. The largest absolute Gasteiger partial charge is 0.481 e. The van der Waals surface area contributed by atoms with Crippen molar-refractivity contribution in [2.24, 2.45) is 0 Å². The number of ether oxygens (including phenoxy) is 1. The summed E-state index contributed by atoms with van der Waals surface area (Å²) in [6, 6.07) is 18.4. The molecule has 6 rings (SSSR count). The lowest BCUT2D eigenvalue weighted by Crippen LogP contribution is -2.35. The molecule has 6 aromatic rings. The first-order valence-corrected chi connectivity index (χ1v) is 11.8. The second-order valence-corrected chi connectivity index (χ2v) is 8.84. The average Bonchev–Trinajstić information content (AvgIpc) is 3.25. The van der Waals surface area contributed by atoms with Crippen LogP contribution in [0.5, 0.6) is 5.75 Å². The predicted molar refractivity (Wildman–Crippen MR) is 142 cm³/mol. The van der Waals surface area contributed by atoms with E-state index in [2.05, 4.69) is 20.5 Å². The van der Waals surface area contributed by atoms with Crippen LogP contribution in [0.25, 0.3) is 38.6 Å². The Morgan fingerprint density at radius 2 is 1.86 bits per heavy atom. The molecule has 0 bridgehead atoms. The van der Waals surface area contributed by atoms with Crippen LogP contribution < -0.4 is 15.7 Å². The summed E-state index contributed by atoms with van der Waals surface area (Å²) in [5, 5.41) is 6.46. The average molecular weight is 511 g/mol. The number of nitrogens with one attached hydrogen (secondary N) is 1. The highest BCUT2D eigenvalue weighted by atomic mass is 35.5. The Morgan fingerprint density at radius 3 is 2.70 bits per heavy atom. The van der Waals surface area contributed by atoms with Crippen molar-refractivity contribution < 1.29 is 9.53 Å². The molecule has 37 heavy (non-hydrogen) atoms. The summed E-state index contributed by atoms with van der Waals surface area (Å²) >= 11 is 6.04. The lowest BCUT2D eigenvalue weighted by molar-refractivity contribution is -0.119. The highest BCUT2D eigenvalue weighted by Gasteiger charge is 2.17. The van der Waals surface area contributed by atoms with Gasteiger partial charge in [0.25, 0.3) is 11.5 Å². The molecule has 182 valence electrons. The number of benzene rings is 2. The molecule has 0 fully saturated rings. The van der Waals surface area contributed by atoms with E-state index in [4.69, 9.17) is 16.3 Å². The Balaban J connectivity index is 1.28. The number of hydrogen-bond acceptors (Lipinski definition) is 6. The van der Waals surface area contributed by atoms with Crippen LogP contribution in [-0.2, 0) is 4.79 Å². The molecular formula is C27H19ClN6O3. The van der Waals surface area contributed by atoms with E-state index in [0.29, 0.717) is 32.8 Å². The Bertz CT molecular complexity index is 1870. The number of nitrogens with zero attached hydrogens (tertiary/aromatic N) is 5. The van der Waals surface area contributed by atoms with Gasteiger partial charge in [-0.25, -0.2) is 14.2 Å². The monoisotopic (exact) mass is 510 g/mol. The normalized spacial score (nSPS) is 11.3. The van der Waals surface area contributed by atoms with Gasteiger partial charge in [-0.1, -0.05) is 41.9 Å². The molecule has 0 saturated heterocycles. The molecule has 0 aliphatic heterocycles. The van der Waals surface area contributed by atoms with E-state index in [1.165, 1.54) is 12.4 Å². The Morgan fingerprint density at radius 1 is 1.05 bits per heavy atom. The van der Waals surface area contributed by atoms with E-state index in [0.717, 1.165) is 26.9 Å². The zero-order valence-corrected chi connectivity index (χ0v) is 20.3. The Hall–Kier alpha value is -4.76. The molecule has 4 aromatic heterocycles. The lowest BCUT2D eigenvalue weighted by atomic mass is 10.1. The predicted octanol–water partition coefficient (Wildman–Crippen LogP) is 4.37. The molecule has 0 saturated carbocycles. The van der Waals surface area contributed by atoms with Crippen molar-refractivity contribution in [1.82, 2.24) is 24.3 Å².